The van der Waals surface area contributed by atoms with Gasteiger partial charge in [0.25, 0.3) is 0 Å². The summed E-state index contributed by atoms with van der Waals surface area (Å²) in [6.07, 6.45) is 2.92. The van der Waals surface area contributed by atoms with E-state index in [9.17, 15) is 0 Å². The Labute approximate surface area is 75.7 Å². The molecule has 3 nitrogen and oxygen atoms in total. The number of rotatable bonds is 2. The summed E-state index contributed by atoms with van der Waals surface area (Å²) in [6.45, 7) is 0.451. The van der Waals surface area contributed by atoms with Gasteiger partial charge in [0.05, 0.1) is 12.7 Å². The van der Waals surface area contributed by atoms with Gasteiger partial charge in [0, 0.05) is 11.7 Å². The molecular weight excluding hydrogens is 172 g/mol. The van der Waals surface area contributed by atoms with Gasteiger partial charge in [-0.1, -0.05) is 0 Å². The van der Waals surface area contributed by atoms with Gasteiger partial charge in [-0.3, -0.25) is 0 Å². The lowest BCUT2D eigenvalue weighted by Crippen LogP contribution is -1.96. The second kappa shape index (κ2) is 3.49. The van der Waals surface area contributed by atoms with Crippen LogP contribution in [0.3, 0.4) is 0 Å². The molecule has 1 aromatic heterocycles. The SMILES string of the molecule is NCc1cnc(C2CCSC2)o1. The summed E-state index contributed by atoms with van der Waals surface area (Å²) in [5.74, 6) is 4.56. The van der Waals surface area contributed by atoms with Gasteiger partial charge in [0.15, 0.2) is 5.89 Å². The maximum absolute atomic E-state index is 5.47. The van der Waals surface area contributed by atoms with Gasteiger partial charge >= 0.3 is 0 Å². The largest absolute Gasteiger partial charge is 0.444 e. The molecule has 12 heavy (non-hydrogen) atoms. The van der Waals surface area contributed by atoms with Crippen LogP contribution in [-0.2, 0) is 6.54 Å². The third kappa shape index (κ3) is 1.49. The number of hydrogen-bond acceptors (Lipinski definition) is 4. The molecule has 2 N–H and O–H groups in total. The van der Waals surface area contributed by atoms with Crippen molar-refractivity contribution in [2.75, 3.05) is 11.5 Å². The number of hydrogen-bond donors (Lipinski definition) is 1. The molecule has 2 heterocycles. The van der Waals surface area contributed by atoms with Gasteiger partial charge < -0.3 is 10.2 Å². The molecule has 0 saturated carbocycles. The third-order valence-corrected chi connectivity index (χ3v) is 3.21. The third-order valence-electron chi connectivity index (χ3n) is 2.05. The Morgan fingerprint density at radius 2 is 2.67 bits per heavy atom. The molecule has 0 radical (unpaired) electrons. The van der Waals surface area contributed by atoms with Gasteiger partial charge in [-0.2, -0.15) is 11.8 Å². The van der Waals surface area contributed by atoms with Crippen LogP contribution in [0.4, 0.5) is 0 Å². The van der Waals surface area contributed by atoms with E-state index in [-0.39, 0.29) is 0 Å². The average Bonchev–Trinajstić information content (AvgIpc) is 2.75. The van der Waals surface area contributed by atoms with E-state index in [1.54, 1.807) is 6.20 Å². The fourth-order valence-corrected chi connectivity index (χ4v) is 2.55. The lowest BCUT2D eigenvalue weighted by Gasteiger charge is -2.00. The summed E-state index contributed by atoms with van der Waals surface area (Å²) in [5.41, 5.74) is 5.42. The molecule has 0 amide bonds. The van der Waals surface area contributed by atoms with E-state index in [1.165, 1.54) is 12.2 Å². The number of nitrogens with zero attached hydrogens (tertiary/aromatic N) is 1. The predicted molar refractivity (Wildman–Crippen MR) is 49.1 cm³/mol. The maximum atomic E-state index is 5.47. The van der Waals surface area contributed by atoms with Gasteiger partial charge in [0.2, 0.25) is 0 Å². The minimum absolute atomic E-state index is 0.451. The van der Waals surface area contributed by atoms with Crippen molar-refractivity contribution in [3.8, 4) is 0 Å². The van der Waals surface area contributed by atoms with Crippen LogP contribution < -0.4 is 5.73 Å². The molecule has 1 fully saturated rings. The number of oxazole rings is 1. The Balaban J connectivity index is 2.11. The molecule has 1 atom stereocenters. The highest BCUT2D eigenvalue weighted by Crippen LogP contribution is 2.31. The zero-order valence-electron chi connectivity index (χ0n) is 6.82. The molecule has 1 aliphatic rings. The Hall–Kier alpha value is -0.480. The van der Waals surface area contributed by atoms with Crippen LogP contribution in [0.25, 0.3) is 0 Å². The molecular formula is C8H12N2OS. The molecule has 1 saturated heterocycles. The molecule has 66 valence electrons. The zero-order valence-corrected chi connectivity index (χ0v) is 7.64. The molecule has 1 aliphatic heterocycles. The van der Waals surface area contributed by atoms with E-state index in [2.05, 4.69) is 4.98 Å². The zero-order chi connectivity index (χ0) is 8.39. The van der Waals surface area contributed by atoms with Crippen molar-refractivity contribution in [1.82, 2.24) is 4.98 Å². The fourth-order valence-electron chi connectivity index (χ4n) is 1.34. The summed E-state index contributed by atoms with van der Waals surface area (Å²) in [6, 6.07) is 0. The minimum Gasteiger partial charge on any atom is -0.444 e. The van der Waals surface area contributed by atoms with E-state index in [1.807, 2.05) is 11.8 Å². The van der Waals surface area contributed by atoms with Crippen molar-refractivity contribution in [3.63, 3.8) is 0 Å². The van der Waals surface area contributed by atoms with Crippen molar-refractivity contribution < 1.29 is 4.42 Å². The lowest BCUT2D eigenvalue weighted by atomic mass is 10.1. The predicted octanol–water partition coefficient (Wildman–Crippen LogP) is 1.35. The Kier molecular flexibility index (Phi) is 2.37. The summed E-state index contributed by atoms with van der Waals surface area (Å²) in [5, 5.41) is 0. The standard InChI is InChI=1S/C8H12N2OS/c9-3-7-4-10-8(11-7)6-1-2-12-5-6/h4,6H,1-3,5,9H2. The van der Waals surface area contributed by atoms with Crippen LogP contribution in [0, 0.1) is 0 Å². The van der Waals surface area contributed by atoms with Crippen molar-refractivity contribution in [2.24, 2.45) is 5.73 Å². The van der Waals surface area contributed by atoms with Crippen LogP contribution in [-0.4, -0.2) is 16.5 Å². The number of aromatic nitrogens is 1. The van der Waals surface area contributed by atoms with Crippen LogP contribution in [0.15, 0.2) is 10.6 Å². The lowest BCUT2D eigenvalue weighted by molar-refractivity contribution is 0.430. The first kappa shape index (κ1) is 8.13. The first-order valence-electron chi connectivity index (χ1n) is 4.12. The Bertz CT molecular complexity index is 255. The Morgan fingerprint density at radius 3 is 3.25 bits per heavy atom. The normalized spacial score (nSPS) is 23.2. The summed E-state index contributed by atoms with van der Waals surface area (Å²) in [4.78, 5) is 4.21. The van der Waals surface area contributed by atoms with E-state index in [4.69, 9.17) is 10.2 Å². The first-order valence-corrected chi connectivity index (χ1v) is 5.28. The topological polar surface area (TPSA) is 52.0 Å². The minimum atomic E-state index is 0.451. The molecule has 0 aliphatic carbocycles. The smallest absolute Gasteiger partial charge is 0.198 e. The van der Waals surface area contributed by atoms with E-state index < -0.39 is 0 Å². The van der Waals surface area contributed by atoms with Gasteiger partial charge in [0.1, 0.15) is 5.76 Å². The van der Waals surface area contributed by atoms with Gasteiger partial charge in [-0.05, 0) is 12.2 Å². The summed E-state index contributed by atoms with van der Waals surface area (Å²) >= 11 is 1.96. The molecule has 0 aromatic carbocycles. The van der Waals surface area contributed by atoms with E-state index in [0.29, 0.717) is 12.5 Å². The first-order chi connectivity index (χ1) is 5.90. The quantitative estimate of drug-likeness (QED) is 0.754. The Morgan fingerprint density at radius 1 is 1.75 bits per heavy atom. The monoisotopic (exact) mass is 184 g/mol. The highest BCUT2D eigenvalue weighted by molar-refractivity contribution is 7.99. The maximum Gasteiger partial charge on any atom is 0.198 e. The second-order valence-electron chi connectivity index (χ2n) is 2.93. The number of nitrogens with two attached hydrogens (primary N) is 1. The van der Waals surface area contributed by atoms with Crippen LogP contribution >= 0.6 is 11.8 Å². The summed E-state index contributed by atoms with van der Waals surface area (Å²) < 4.78 is 5.47. The highest BCUT2D eigenvalue weighted by atomic mass is 32.2. The van der Waals surface area contributed by atoms with E-state index in [0.717, 1.165) is 17.4 Å². The van der Waals surface area contributed by atoms with Crippen molar-refractivity contribution >= 4 is 11.8 Å². The van der Waals surface area contributed by atoms with Crippen LogP contribution in [0.1, 0.15) is 24.0 Å². The van der Waals surface area contributed by atoms with Gasteiger partial charge in [-0.15, -0.1) is 0 Å². The summed E-state index contributed by atoms with van der Waals surface area (Å²) in [7, 11) is 0. The molecule has 0 bridgehead atoms. The van der Waals surface area contributed by atoms with Crippen molar-refractivity contribution in [1.29, 1.82) is 0 Å². The van der Waals surface area contributed by atoms with Crippen LogP contribution in [0.2, 0.25) is 0 Å². The average molecular weight is 184 g/mol. The number of thioether (sulfide) groups is 1. The molecule has 2 rings (SSSR count). The molecule has 0 spiro atoms. The molecule has 4 heteroatoms. The molecule has 1 unspecified atom stereocenters. The van der Waals surface area contributed by atoms with Gasteiger partial charge in [-0.25, -0.2) is 4.98 Å². The van der Waals surface area contributed by atoms with E-state index >= 15 is 0 Å². The van der Waals surface area contributed by atoms with Crippen molar-refractivity contribution in [2.45, 2.75) is 18.9 Å². The van der Waals surface area contributed by atoms with Crippen LogP contribution in [0.5, 0.6) is 0 Å². The second-order valence-corrected chi connectivity index (χ2v) is 4.08. The highest BCUT2D eigenvalue weighted by Gasteiger charge is 2.21. The fraction of sp³-hybridized carbons (Fsp3) is 0.625. The van der Waals surface area contributed by atoms with Crippen molar-refractivity contribution in [3.05, 3.63) is 17.8 Å². The molecule has 1 aromatic rings.